The molecule has 0 radical (unpaired) electrons. The molecule has 15 heavy (non-hydrogen) atoms. The zero-order valence-electron chi connectivity index (χ0n) is 8.34. The van der Waals surface area contributed by atoms with Crippen LogP contribution in [-0.2, 0) is 19.1 Å². The average Bonchev–Trinajstić information content (AvgIpc) is 2.12. The molecule has 0 fully saturated rings. The van der Waals surface area contributed by atoms with Gasteiger partial charge in [-0.3, -0.25) is 4.79 Å². The van der Waals surface area contributed by atoms with Gasteiger partial charge in [-0.05, 0) is 6.92 Å². The average molecular weight is 216 g/mol. The highest BCUT2D eigenvalue weighted by molar-refractivity contribution is 5.89. The number of carbonyl (C=O) groups is 3. The van der Waals surface area contributed by atoms with E-state index in [1.54, 1.807) is 13.0 Å². The molecule has 0 atom stereocenters. The Morgan fingerprint density at radius 3 is 1.60 bits per heavy atom. The summed E-state index contributed by atoms with van der Waals surface area (Å²) in [6, 6.07) is 0. The number of carbonyl (C=O) groups excluding carboxylic acids is 1. The third-order valence-corrected chi connectivity index (χ3v) is 0.739. The summed E-state index contributed by atoms with van der Waals surface area (Å²) in [5, 5.41) is 15.6. The molecule has 0 heterocycles. The topological polar surface area (TPSA) is 101 Å². The summed E-state index contributed by atoms with van der Waals surface area (Å²) in [5.74, 6) is -2.79. The molecule has 0 aromatic carbocycles. The molecule has 0 saturated carbocycles. The number of ether oxygens (including phenoxy) is 1. The Balaban J connectivity index is 0. The van der Waals surface area contributed by atoms with E-state index < -0.39 is 11.9 Å². The molecule has 0 saturated heterocycles. The maximum atomic E-state index is 9.93. The van der Waals surface area contributed by atoms with E-state index in [4.69, 9.17) is 10.2 Å². The minimum Gasteiger partial charge on any atom is -0.478 e. The van der Waals surface area contributed by atoms with Crippen molar-refractivity contribution in [2.75, 3.05) is 0 Å². The lowest BCUT2D eigenvalue weighted by molar-refractivity contribution is -0.135. The van der Waals surface area contributed by atoms with Gasteiger partial charge in [-0.2, -0.15) is 0 Å². The van der Waals surface area contributed by atoms with Crippen molar-refractivity contribution < 1.29 is 29.3 Å². The first-order valence-corrected chi connectivity index (χ1v) is 3.82. The van der Waals surface area contributed by atoms with Gasteiger partial charge in [0.2, 0.25) is 0 Å². The van der Waals surface area contributed by atoms with Crippen LogP contribution < -0.4 is 0 Å². The lowest BCUT2D eigenvalue weighted by Crippen LogP contribution is -1.91. The van der Waals surface area contributed by atoms with Crippen molar-refractivity contribution in [2.24, 2.45) is 0 Å². The van der Waals surface area contributed by atoms with Crippen LogP contribution in [0.1, 0.15) is 13.8 Å². The van der Waals surface area contributed by atoms with Gasteiger partial charge in [-0.15, -0.1) is 0 Å². The van der Waals surface area contributed by atoms with Crippen LogP contribution in [0, 0.1) is 0 Å². The molecule has 0 rings (SSSR count). The summed E-state index contributed by atoms with van der Waals surface area (Å²) in [5.41, 5.74) is 0. The fraction of sp³-hybridized carbons (Fsp3) is 0.222. The largest absolute Gasteiger partial charge is 0.478 e. The maximum Gasteiger partial charge on any atom is 0.328 e. The van der Waals surface area contributed by atoms with Gasteiger partial charge in [-0.1, -0.05) is 6.08 Å². The third kappa shape index (κ3) is 24.5. The molecular formula is C9H12O6. The molecule has 6 nitrogen and oxygen atoms in total. The molecule has 0 aromatic heterocycles. The van der Waals surface area contributed by atoms with Crippen molar-refractivity contribution in [1.29, 1.82) is 0 Å². The first-order chi connectivity index (χ1) is 6.90. The maximum absolute atomic E-state index is 9.93. The number of carboxylic acid groups (broad SMARTS) is 2. The number of carboxylic acids is 2. The van der Waals surface area contributed by atoms with E-state index in [0.29, 0.717) is 12.2 Å². The lowest BCUT2D eigenvalue weighted by atomic mass is 10.5. The summed E-state index contributed by atoms with van der Waals surface area (Å²) < 4.78 is 4.37. The van der Waals surface area contributed by atoms with Crippen molar-refractivity contribution in [3.8, 4) is 0 Å². The van der Waals surface area contributed by atoms with Crippen molar-refractivity contribution >= 4 is 17.9 Å². The van der Waals surface area contributed by atoms with Gasteiger partial charge in [0.15, 0.2) is 0 Å². The first kappa shape index (κ1) is 15.4. The Morgan fingerprint density at radius 2 is 1.47 bits per heavy atom. The summed E-state index contributed by atoms with van der Waals surface area (Å²) >= 11 is 0. The van der Waals surface area contributed by atoms with Gasteiger partial charge in [0, 0.05) is 19.1 Å². The van der Waals surface area contributed by atoms with Crippen LogP contribution in [0.2, 0.25) is 0 Å². The van der Waals surface area contributed by atoms with E-state index in [0.717, 1.165) is 0 Å². The second-order valence-corrected chi connectivity index (χ2v) is 2.09. The normalized spacial score (nSPS) is 9.47. The van der Waals surface area contributed by atoms with Crippen LogP contribution >= 0.6 is 0 Å². The number of aliphatic carboxylic acids is 2. The smallest absolute Gasteiger partial charge is 0.328 e. The van der Waals surface area contributed by atoms with Gasteiger partial charge >= 0.3 is 17.9 Å². The van der Waals surface area contributed by atoms with Gasteiger partial charge in [0.25, 0.3) is 0 Å². The van der Waals surface area contributed by atoms with E-state index in [2.05, 4.69) is 4.74 Å². The predicted molar refractivity (Wildman–Crippen MR) is 51.0 cm³/mol. The highest BCUT2D eigenvalue weighted by atomic mass is 16.5. The molecule has 0 unspecified atom stereocenters. The zero-order chi connectivity index (χ0) is 12.3. The molecule has 0 spiro atoms. The van der Waals surface area contributed by atoms with Crippen LogP contribution in [0.5, 0.6) is 0 Å². The SMILES string of the molecule is CC=COC(C)=O.O=C(O)C=CC(=O)O. The van der Waals surface area contributed by atoms with Gasteiger partial charge in [0.05, 0.1) is 6.26 Å². The summed E-state index contributed by atoms with van der Waals surface area (Å²) in [4.78, 5) is 29.0. The Labute approximate surface area is 86.5 Å². The Hall–Kier alpha value is -2.11. The van der Waals surface area contributed by atoms with Crippen LogP contribution in [0.15, 0.2) is 24.5 Å². The highest BCUT2D eigenvalue weighted by Gasteiger charge is 1.88. The van der Waals surface area contributed by atoms with Gasteiger partial charge < -0.3 is 14.9 Å². The Morgan fingerprint density at radius 1 is 1.07 bits per heavy atom. The van der Waals surface area contributed by atoms with Crippen LogP contribution in [0.3, 0.4) is 0 Å². The molecule has 0 amide bonds. The van der Waals surface area contributed by atoms with E-state index in [1.807, 2.05) is 0 Å². The van der Waals surface area contributed by atoms with Crippen molar-refractivity contribution in [3.63, 3.8) is 0 Å². The monoisotopic (exact) mass is 216 g/mol. The minimum atomic E-state index is -1.26. The Kier molecular flexibility index (Phi) is 10.2. The van der Waals surface area contributed by atoms with Crippen molar-refractivity contribution in [3.05, 3.63) is 24.5 Å². The summed E-state index contributed by atoms with van der Waals surface area (Å²) in [7, 11) is 0. The minimum absolute atomic E-state index is 0.280. The number of esters is 1. The van der Waals surface area contributed by atoms with Crippen LogP contribution in [0.4, 0.5) is 0 Å². The second kappa shape index (κ2) is 9.97. The standard InChI is InChI=1S/C5H8O2.C4H4O4/c1-3-4-7-5(2)6;5-3(6)1-2-4(7)8/h3-4H,1-2H3;1-2H,(H,5,6)(H,7,8). The number of allylic oxidation sites excluding steroid dienone is 1. The lowest BCUT2D eigenvalue weighted by Gasteiger charge is -1.85. The van der Waals surface area contributed by atoms with Gasteiger partial charge in [-0.25, -0.2) is 9.59 Å². The third-order valence-electron chi connectivity index (χ3n) is 0.739. The molecule has 0 aliphatic heterocycles. The number of hydrogen-bond acceptors (Lipinski definition) is 4. The van der Waals surface area contributed by atoms with Crippen LogP contribution in [-0.4, -0.2) is 28.1 Å². The zero-order valence-corrected chi connectivity index (χ0v) is 8.34. The molecule has 84 valence electrons. The van der Waals surface area contributed by atoms with Gasteiger partial charge in [0.1, 0.15) is 0 Å². The highest BCUT2D eigenvalue weighted by Crippen LogP contribution is 1.75. The van der Waals surface area contributed by atoms with E-state index in [9.17, 15) is 14.4 Å². The summed E-state index contributed by atoms with van der Waals surface area (Å²) in [6.45, 7) is 3.14. The Bertz CT molecular complexity index is 260. The predicted octanol–water partition coefficient (Wildman–Crippen LogP) is 0.795. The summed E-state index contributed by atoms with van der Waals surface area (Å²) in [6.07, 6.45) is 4.12. The molecule has 0 bridgehead atoms. The van der Waals surface area contributed by atoms with E-state index in [1.165, 1.54) is 13.2 Å². The fourth-order valence-corrected chi connectivity index (χ4v) is 0.306. The number of rotatable bonds is 3. The second-order valence-electron chi connectivity index (χ2n) is 2.09. The molecule has 2 N–H and O–H groups in total. The van der Waals surface area contributed by atoms with Crippen LogP contribution in [0.25, 0.3) is 0 Å². The van der Waals surface area contributed by atoms with Crippen molar-refractivity contribution in [2.45, 2.75) is 13.8 Å². The van der Waals surface area contributed by atoms with E-state index >= 15 is 0 Å². The molecular weight excluding hydrogens is 204 g/mol. The molecule has 0 aliphatic rings. The van der Waals surface area contributed by atoms with E-state index in [-0.39, 0.29) is 5.97 Å². The quantitative estimate of drug-likeness (QED) is 0.411. The molecule has 0 aromatic rings. The number of hydrogen-bond donors (Lipinski definition) is 2. The fourth-order valence-electron chi connectivity index (χ4n) is 0.306. The van der Waals surface area contributed by atoms with Crippen molar-refractivity contribution in [1.82, 2.24) is 0 Å². The molecule has 6 heteroatoms. The molecule has 0 aliphatic carbocycles. The first-order valence-electron chi connectivity index (χ1n) is 3.82.